The lowest BCUT2D eigenvalue weighted by molar-refractivity contribution is -0.143. The summed E-state index contributed by atoms with van der Waals surface area (Å²) < 4.78 is 4.82. The van der Waals surface area contributed by atoms with Crippen molar-refractivity contribution in [2.75, 3.05) is 20.2 Å². The molecule has 0 unspecified atom stereocenters. The molecule has 1 rings (SSSR count). The molecule has 0 aliphatic rings. The van der Waals surface area contributed by atoms with Gasteiger partial charge in [-0.05, 0) is 30.5 Å². The highest BCUT2D eigenvalue weighted by molar-refractivity contribution is 5.95. The first-order chi connectivity index (χ1) is 8.95. The summed E-state index contributed by atoms with van der Waals surface area (Å²) in [6.45, 7) is 6.24. The third-order valence-electron chi connectivity index (χ3n) is 2.84. The molecule has 0 bridgehead atoms. The highest BCUT2D eigenvalue weighted by Gasteiger charge is 2.15. The molecule has 0 aromatic heterocycles. The van der Waals surface area contributed by atoms with E-state index in [4.69, 9.17) is 4.74 Å². The van der Waals surface area contributed by atoms with Crippen molar-refractivity contribution in [3.8, 4) is 0 Å². The van der Waals surface area contributed by atoms with Crippen molar-refractivity contribution < 1.29 is 14.3 Å². The van der Waals surface area contributed by atoms with Gasteiger partial charge in [-0.1, -0.05) is 26.0 Å². The minimum Gasteiger partial charge on any atom is -0.465 e. The second-order valence-corrected chi connectivity index (χ2v) is 4.74. The monoisotopic (exact) mass is 263 g/mol. The van der Waals surface area contributed by atoms with E-state index < -0.39 is 5.97 Å². The minimum absolute atomic E-state index is 0.0292. The third kappa shape index (κ3) is 4.39. The number of amides is 1. The summed E-state index contributed by atoms with van der Waals surface area (Å²) in [7, 11) is 1.59. The van der Waals surface area contributed by atoms with E-state index in [0.29, 0.717) is 18.1 Å². The van der Waals surface area contributed by atoms with E-state index >= 15 is 0 Å². The van der Waals surface area contributed by atoms with E-state index in [1.807, 2.05) is 12.1 Å². The van der Waals surface area contributed by atoms with Gasteiger partial charge in [-0.3, -0.25) is 9.59 Å². The molecule has 0 N–H and O–H groups in total. The zero-order valence-corrected chi connectivity index (χ0v) is 12.0. The van der Waals surface area contributed by atoms with E-state index in [0.717, 1.165) is 0 Å². The summed E-state index contributed by atoms with van der Waals surface area (Å²) in [5, 5.41) is 0. The van der Waals surface area contributed by atoms with Crippen LogP contribution >= 0.6 is 0 Å². The van der Waals surface area contributed by atoms with Crippen LogP contribution in [0, 0.1) is 0 Å². The molecule has 4 nitrogen and oxygen atoms in total. The maximum absolute atomic E-state index is 12.1. The van der Waals surface area contributed by atoms with E-state index in [-0.39, 0.29) is 12.5 Å². The Morgan fingerprint density at radius 1 is 1.21 bits per heavy atom. The summed E-state index contributed by atoms with van der Waals surface area (Å²) in [4.78, 5) is 24.8. The number of carbonyl (C=O) groups excluding carboxylic acids is 2. The van der Waals surface area contributed by atoms with Gasteiger partial charge in [0.1, 0.15) is 6.54 Å². The van der Waals surface area contributed by atoms with Crippen LogP contribution in [-0.2, 0) is 9.53 Å². The van der Waals surface area contributed by atoms with Crippen LogP contribution in [0.1, 0.15) is 42.6 Å². The second kappa shape index (κ2) is 6.92. The fourth-order valence-electron chi connectivity index (χ4n) is 1.70. The first-order valence-electron chi connectivity index (χ1n) is 6.46. The average Bonchev–Trinajstić information content (AvgIpc) is 2.38. The fraction of sp³-hybridized carbons (Fsp3) is 0.467. The van der Waals surface area contributed by atoms with Crippen LogP contribution in [0.15, 0.2) is 24.3 Å². The quantitative estimate of drug-likeness (QED) is 0.767. The van der Waals surface area contributed by atoms with Crippen molar-refractivity contribution in [1.82, 2.24) is 4.90 Å². The highest BCUT2D eigenvalue weighted by Crippen LogP contribution is 2.15. The van der Waals surface area contributed by atoms with Gasteiger partial charge in [0.05, 0.1) is 6.61 Å². The molecule has 1 aromatic rings. The molecule has 0 radical (unpaired) electrons. The fourth-order valence-corrected chi connectivity index (χ4v) is 1.70. The Bertz CT molecular complexity index is 437. The van der Waals surface area contributed by atoms with Crippen molar-refractivity contribution in [2.45, 2.75) is 26.7 Å². The van der Waals surface area contributed by atoms with Crippen LogP contribution in [0.3, 0.4) is 0 Å². The number of benzene rings is 1. The maximum Gasteiger partial charge on any atom is 0.325 e. The Balaban J connectivity index is 2.69. The van der Waals surface area contributed by atoms with Gasteiger partial charge in [0.25, 0.3) is 5.91 Å². The minimum atomic E-state index is -0.392. The Kier molecular flexibility index (Phi) is 5.55. The zero-order chi connectivity index (χ0) is 14.4. The lowest BCUT2D eigenvalue weighted by Crippen LogP contribution is -2.33. The molecule has 0 saturated heterocycles. The summed E-state index contributed by atoms with van der Waals surface area (Å²) in [5.41, 5.74) is 1.76. The Morgan fingerprint density at radius 3 is 2.26 bits per heavy atom. The van der Waals surface area contributed by atoms with Gasteiger partial charge in [0, 0.05) is 12.6 Å². The van der Waals surface area contributed by atoms with Gasteiger partial charge in [-0.2, -0.15) is 0 Å². The molecule has 104 valence electrons. The third-order valence-corrected chi connectivity index (χ3v) is 2.84. The molecule has 0 aliphatic heterocycles. The van der Waals surface area contributed by atoms with E-state index in [1.165, 1.54) is 10.5 Å². The predicted octanol–water partition coefficient (Wildman–Crippen LogP) is 2.45. The Morgan fingerprint density at radius 2 is 1.79 bits per heavy atom. The molecule has 0 heterocycles. The number of ether oxygens (including phenoxy) is 1. The maximum atomic E-state index is 12.1. The molecule has 0 fully saturated rings. The first-order valence-corrected chi connectivity index (χ1v) is 6.46. The van der Waals surface area contributed by atoms with E-state index in [9.17, 15) is 9.59 Å². The molecule has 19 heavy (non-hydrogen) atoms. The van der Waals surface area contributed by atoms with Gasteiger partial charge >= 0.3 is 5.97 Å². The summed E-state index contributed by atoms with van der Waals surface area (Å²) in [6, 6.07) is 7.46. The SMILES string of the molecule is CCOC(=O)CN(C)C(=O)c1ccc(C(C)C)cc1. The lowest BCUT2D eigenvalue weighted by Gasteiger charge is -2.16. The molecular formula is C15H21NO3. The van der Waals surface area contributed by atoms with Gasteiger partial charge < -0.3 is 9.64 Å². The van der Waals surface area contributed by atoms with Crippen molar-refractivity contribution in [1.29, 1.82) is 0 Å². The number of nitrogens with zero attached hydrogens (tertiary/aromatic N) is 1. The summed E-state index contributed by atoms with van der Waals surface area (Å²) in [6.07, 6.45) is 0. The molecule has 1 aromatic carbocycles. The van der Waals surface area contributed by atoms with Crippen LogP contribution in [0.2, 0.25) is 0 Å². The second-order valence-electron chi connectivity index (χ2n) is 4.74. The van der Waals surface area contributed by atoms with Crippen molar-refractivity contribution >= 4 is 11.9 Å². The standard InChI is InChI=1S/C15H21NO3/c1-5-19-14(17)10-16(4)15(18)13-8-6-12(7-9-13)11(2)3/h6-9,11H,5,10H2,1-4H3. The zero-order valence-electron chi connectivity index (χ0n) is 12.0. The lowest BCUT2D eigenvalue weighted by atomic mass is 10.0. The van der Waals surface area contributed by atoms with Crippen LogP contribution in [0.4, 0.5) is 0 Å². The molecular weight excluding hydrogens is 242 g/mol. The first kappa shape index (κ1) is 15.2. The summed E-state index contributed by atoms with van der Waals surface area (Å²) in [5.74, 6) is -0.137. The van der Waals surface area contributed by atoms with E-state index in [1.54, 1.807) is 26.1 Å². The number of rotatable bonds is 5. The number of likely N-dealkylation sites (N-methyl/N-ethyl adjacent to an activating group) is 1. The molecule has 1 amide bonds. The van der Waals surface area contributed by atoms with E-state index in [2.05, 4.69) is 13.8 Å². The van der Waals surface area contributed by atoms with Crippen LogP contribution < -0.4 is 0 Å². The van der Waals surface area contributed by atoms with Crippen molar-refractivity contribution in [3.63, 3.8) is 0 Å². The smallest absolute Gasteiger partial charge is 0.325 e. The van der Waals surface area contributed by atoms with Gasteiger partial charge in [0.15, 0.2) is 0 Å². The van der Waals surface area contributed by atoms with Gasteiger partial charge in [0.2, 0.25) is 0 Å². The van der Waals surface area contributed by atoms with Gasteiger partial charge in [-0.15, -0.1) is 0 Å². The normalized spacial score (nSPS) is 10.4. The average molecular weight is 263 g/mol. The Labute approximate surface area is 114 Å². The Hall–Kier alpha value is -1.84. The number of esters is 1. The number of hydrogen-bond donors (Lipinski definition) is 0. The van der Waals surface area contributed by atoms with Crippen LogP contribution in [0.5, 0.6) is 0 Å². The molecule has 0 atom stereocenters. The number of carbonyl (C=O) groups is 2. The molecule has 0 spiro atoms. The topological polar surface area (TPSA) is 46.6 Å². The largest absolute Gasteiger partial charge is 0.465 e. The number of hydrogen-bond acceptors (Lipinski definition) is 3. The molecule has 0 aliphatic carbocycles. The van der Waals surface area contributed by atoms with Crippen LogP contribution in [-0.4, -0.2) is 37.0 Å². The molecule has 4 heteroatoms. The molecule has 0 saturated carbocycles. The van der Waals surface area contributed by atoms with Crippen molar-refractivity contribution in [2.24, 2.45) is 0 Å². The summed E-state index contributed by atoms with van der Waals surface area (Å²) >= 11 is 0. The van der Waals surface area contributed by atoms with Crippen LogP contribution in [0.25, 0.3) is 0 Å². The highest BCUT2D eigenvalue weighted by atomic mass is 16.5. The van der Waals surface area contributed by atoms with Gasteiger partial charge in [-0.25, -0.2) is 0 Å². The predicted molar refractivity (Wildman–Crippen MR) is 74.1 cm³/mol. The van der Waals surface area contributed by atoms with Crippen molar-refractivity contribution in [3.05, 3.63) is 35.4 Å².